The van der Waals surface area contributed by atoms with Gasteiger partial charge in [0.2, 0.25) is 0 Å². The second-order valence-electron chi connectivity index (χ2n) is 8.45. The SMILES string of the molecule is Cc1cccc(C)c1CNc1nc(C(=O)N2CC(C)(F)C2)cc2c(C)c(C)[nH]c12. The zero-order valence-corrected chi connectivity index (χ0v) is 17.6. The number of H-pyrrole nitrogens is 1. The number of carbonyl (C=O) groups is 1. The lowest BCUT2D eigenvalue weighted by Gasteiger charge is -2.41. The molecule has 1 aromatic carbocycles. The largest absolute Gasteiger partial charge is 0.364 e. The number of aryl methyl sites for hydroxylation is 4. The summed E-state index contributed by atoms with van der Waals surface area (Å²) in [6.07, 6.45) is 0. The average molecular weight is 394 g/mol. The Bertz CT molecular complexity index is 1090. The summed E-state index contributed by atoms with van der Waals surface area (Å²) in [5.41, 5.74) is 5.71. The molecule has 5 nitrogen and oxygen atoms in total. The van der Waals surface area contributed by atoms with Crippen molar-refractivity contribution in [2.24, 2.45) is 0 Å². The van der Waals surface area contributed by atoms with Gasteiger partial charge >= 0.3 is 0 Å². The fourth-order valence-corrected chi connectivity index (χ4v) is 4.04. The Labute approximate surface area is 170 Å². The molecule has 2 N–H and O–H groups in total. The summed E-state index contributed by atoms with van der Waals surface area (Å²) < 4.78 is 13.9. The van der Waals surface area contributed by atoms with Crippen LogP contribution in [0.4, 0.5) is 10.2 Å². The van der Waals surface area contributed by atoms with Gasteiger partial charge in [-0.05, 0) is 62.9 Å². The summed E-state index contributed by atoms with van der Waals surface area (Å²) in [6.45, 7) is 10.6. The van der Waals surface area contributed by atoms with E-state index in [0.717, 1.165) is 22.2 Å². The van der Waals surface area contributed by atoms with Crippen LogP contribution in [0.1, 0.15) is 45.4 Å². The van der Waals surface area contributed by atoms with Gasteiger partial charge in [-0.2, -0.15) is 0 Å². The monoisotopic (exact) mass is 394 g/mol. The molecule has 0 bridgehead atoms. The van der Waals surface area contributed by atoms with E-state index >= 15 is 0 Å². The third-order valence-corrected chi connectivity index (χ3v) is 5.92. The van der Waals surface area contributed by atoms with Crippen LogP contribution in [0.5, 0.6) is 0 Å². The Hall–Kier alpha value is -2.89. The van der Waals surface area contributed by atoms with Crippen molar-refractivity contribution in [2.75, 3.05) is 18.4 Å². The molecule has 0 aliphatic carbocycles. The molecule has 6 heteroatoms. The van der Waals surface area contributed by atoms with E-state index in [1.807, 2.05) is 26.0 Å². The van der Waals surface area contributed by atoms with Crippen LogP contribution in [0.15, 0.2) is 24.3 Å². The molecule has 1 aliphatic rings. The van der Waals surface area contributed by atoms with Gasteiger partial charge in [0.25, 0.3) is 5.91 Å². The van der Waals surface area contributed by atoms with E-state index in [1.165, 1.54) is 28.5 Å². The minimum atomic E-state index is -1.30. The number of aromatic nitrogens is 2. The number of amides is 1. The van der Waals surface area contributed by atoms with E-state index in [-0.39, 0.29) is 19.0 Å². The third kappa shape index (κ3) is 3.48. The molecule has 1 amide bonds. The topological polar surface area (TPSA) is 61.0 Å². The fraction of sp³-hybridized carbons (Fsp3) is 0.391. The first-order valence-electron chi connectivity index (χ1n) is 9.93. The number of hydrogen-bond acceptors (Lipinski definition) is 3. The molecule has 0 spiro atoms. The number of nitrogens with zero attached hydrogens (tertiary/aromatic N) is 2. The first-order valence-corrected chi connectivity index (χ1v) is 9.93. The molecule has 152 valence electrons. The molecule has 3 heterocycles. The number of anilines is 1. The second-order valence-corrected chi connectivity index (χ2v) is 8.45. The van der Waals surface area contributed by atoms with Crippen molar-refractivity contribution in [2.45, 2.75) is 46.8 Å². The average Bonchev–Trinajstić information content (AvgIpc) is 2.93. The first kappa shape index (κ1) is 19.4. The molecule has 0 atom stereocenters. The highest BCUT2D eigenvalue weighted by Gasteiger charge is 2.42. The van der Waals surface area contributed by atoms with E-state index < -0.39 is 5.67 Å². The lowest BCUT2D eigenvalue weighted by Crippen LogP contribution is -2.59. The number of pyridine rings is 1. The molecule has 1 fully saturated rings. The molecular formula is C23H27FN4O. The van der Waals surface area contributed by atoms with Gasteiger partial charge in [-0.1, -0.05) is 18.2 Å². The Balaban J connectivity index is 1.70. The first-order chi connectivity index (χ1) is 13.7. The van der Waals surface area contributed by atoms with Gasteiger partial charge in [0.15, 0.2) is 5.82 Å². The van der Waals surface area contributed by atoms with Crippen LogP contribution in [0, 0.1) is 27.7 Å². The van der Waals surface area contributed by atoms with Crippen molar-refractivity contribution in [3.8, 4) is 0 Å². The molecule has 0 saturated carbocycles. The van der Waals surface area contributed by atoms with Crippen molar-refractivity contribution in [3.05, 3.63) is 57.9 Å². The van der Waals surface area contributed by atoms with E-state index in [9.17, 15) is 9.18 Å². The van der Waals surface area contributed by atoms with Gasteiger partial charge in [0.05, 0.1) is 18.6 Å². The number of carbonyl (C=O) groups excluding carboxylic acids is 1. The molecule has 3 aromatic rings. The fourth-order valence-electron chi connectivity index (χ4n) is 4.04. The lowest BCUT2D eigenvalue weighted by atomic mass is 9.98. The standard InChI is InChI=1S/C23H27FN4O/c1-13-7-6-8-14(2)18(13)10-25-21-20-17(15(3)16(4)26-20)9-19(27-21)22(29)28-11-23(5,24)12-28/h6-9,26H,10-12H2,1-5H3,(H,25,27). The quantitative estimate of drug-likeness (QED) is 0.680. The molecule has 0 radical (unpaired) electrons. The van der Waals surface area contributed by atoms with E-state index in [4.69, 9.17) is 0 Å². The van der Waals surface area contributed by atoms with E-state index in [0.29, 0.717) is 18.1 Å². The number of fused-ring (bicyclic) bond motifs is 1. The van der Waals surface area contributed by atoms with E-state index in [1.54, 1.807) is 0 Å². The molecule has 0 unspecified atom stereocenters. The van der Waals surface area contributed by atoms with Gasteiger partial charge in [0.1, 0.15) is 11.4 Å². The maximum atomic E-state index is 13.9. The Morgan fingerprint density at radius 2 is 1.90 bits per heavy atom. The summed E-state index contributed by atoms with van der Waals surface area (Å²) in [7, 11) is 0. The number of halogens is 1. The summed E-state index contributed by atoms with van der Waals surface area (Å²) in [5, 5.41) is 4.39. The van der Waals surface area contributed by atoms with E-state index in [2.05, 4.69) is 41.3 Å². The van der Waals surface area contributed by atoms with Gasteiger partial charge < -0.3 is 15.2 Å². The minimum absolute atomic E-state index is 0.113. The molecule has 4 rings (SSSR count). The second kappa shape index (κ2) is 6.87. The van der Waals surface area contributed by atoms with Crippen LogP contribution in [0.25, 0.3) is 10.9 Å². The highest BCUT2D eigenvalue weighted by molar-refractivity contribution is 6.01. The summed E-state index contributed by atoms with van der Waals surface area (Å²) in [6, 6.07) is 8.05. The summed E-state index contributed by atoms with van der Waals surface area (Å²) in [4.78, 5) is 22.4. The van der Waals surface area contributed by atoms with Gasteiger partial charge in [-0.25, -0.2) is 9.37 Å². The summed E-state index contributed by atoms with van der Waals surface area (Å²) in [5.74, 6) is 0.420. The molecular weight excluding hydrogens is 367 g/mol. The normalized spacial score (nSPS) is 15.4. The number of likely N-dealkylation sites (tertiary alicyclic amines) is 1. The number of nitrogens with one attached hydrogen (secondary N) is 2. The van der Waals surface area contributed by atoms with Crippen LogP contribution in [0.2, 0.25) is 0 Å². The zero-order valence-electron chi connectivity index (χ0n) is 17.6. The highest BCUT2D eigenvalue weighted by atomic mass is 19.1. The molecule has 2 aromatic heterocycles. The van der Waals surface area contributed by atoms with Crippen LogP contribution in [0.3, 0.4) is 0 Å². The summed E-state index contributed by atoms with van der Waals surface area (Å²) >= 11 is 0. The number of benzene rings is 1. The van der Waals surface area contributed by atoms with Gasteiger partial charge in [-0.3, -0.25) is 4.79 Å². The maximum Gasteiger partial charge on any atom is 0.272 e. The van der Waals surface area contributed by atoms with Crippen LogP contribution >= 0.6 is 0 Å². The zero-order chi connectivity index (χ0) is 20.9. The molecule has 29 heavy (non-hydrogen) atoms. The van der Waals surface area contributed by atoms with Crippen molar-refractivity contribution in [1.82, 2.24) is 14.9 Å². The number of hydrogen-bond donors (Lipinski definition) is 2. The number of rotatable bonds is 4. The van der Waals surface area contributed by atoms with Crippen molar-refractivity contribution in [1.29, 1.82) is 0 Å². The highest BCUT2D eigenvalue weighted by Crippen LogP contribution is 2.31. The van der Waals surface area contributed by atoms with Gasteiger partial charge in [0, 0.05) is 17.6 Å². The van der Waals surface area contributed by atoms with Crippen LogP contribution < -0.4 is 5.32 Å². The van der Waals surface area contributed by atoms with Crippen LogP contribution in [-0.4, -0.2) is 39.5 Å². The molecule has 1 saturated heterocycles. The maximum absolute atomic E-state index is 13.9. The smallest absolute Gasteiger partial charge is 0.272 e. The molecule has 1 aliphatic heterocycles. The van der Waals surface area contributed by atoms with Crippen molar-refractivity contribution < 1.29 is 9.18 Å². The predicted octanol–water partition coefficient (Wildman–Crippen LogP) is 4.59. The number of alkyl halides is 1. The Morgan fingerprint density at radius 1 is 1.24 bits per heavy atom. The third-order valence-electron chi connectivity index (χ3n) is 5.92. The van der Waals surface area contributed by atoms with Crippen LogP contribution in [-0.2, 0) is 6.54 Å². The van der Waals surface area contributed by atoms with Gasteiger partial charge in [-0.15, -0.1) is 0 Å². The lowest BCUT2D eigenvalue weighted by molar-refractivity contribution is -0.00820. The Morgan fingerprint density at radius 3 is 2.52 bits per heavy atom. The van der Waals surface area contributed by atoms with Crippen molar-refractivity contribution >= 4 is 22.6 Å². The predicted molar refractivity (Wildman–Crippen MR) is 114 cm³/mol. The Kier molecular flexibility index (Phi) is 4.60. The minimum Gasteiger partial charge on any atom is -0.364 e. The van der Waals surface area contributed by atoms with Crippen molar-refractivity contribution in [3.63, 3.8) is 0 Å². The number of aromatic amines is 1.